The van der Waals surface area contributed by atoms with Crippen molar-refractivity contribution >= 4 is 0 Å². The molecule has 4 saturated carbocycles. The molecule has 0 spiro atoms. The summed E-state index contributed by atoms with van der Waals surface area (Å²) in [5.74, 6) is 3.58. The van der Waals surface area contributed by atoms with Crippen molar-refractivity contribution in [3.8, 4) is 5.75 Å². The molecular weight excluding hydrogens is 326 g/mol. The first-order valence-electron chi connectivity index (χ1n) is 10.3. The molecule has 1 aromatic carbocycles. The van der Waals surface area contributed by atoms with E-state index in [9.17, 15) is 5.11 Å². The van der Waals surface area contributed by atoms with Crippen molar-refractivity contribution < 1.29 is 14.6 Å². The van der Waals surface area contributed by atoms with Crippen LogP contribution in [0.25, 0.3) is 0 Å². The lowest BCUT2D eigenvalue weighted by Gasteiger charge is -2.56. The fourth-order valence-electron chi connectivity index (χ4n) is 5.76. The number of hydrogen-bond donors (Lipinski definition) is 2. The van der Waals surface area contributed by atoms with Gasteiger partial charge in [-0.2, -0.15) is 0 Å². The van der Waals surface area contributed by atoms with E-state index in [1.54, 1.807) is 0 Å². The van der Waals surface area contributed by atoms with E-state index in [1.165, 1.54) is 38.5 Å². The number of ether oxygens (including phenoxy) is 2. The van der Waals surface area contributed by atoms with Crippen LogP contribution in [-0.2, 0) is 4.74 Å². The average molecular weight is 360 g/mol. The van der Waals surface area contributed by atoms with Gasteiger partial charge in [0.2, 0.25) is 0 Å². The van der Waals surface area contributed by atoms with Crippen LogP contribution in [0.4, 0.5) is 0 Å². The molecule has 0 aromatic heterocycles. The summed E-state index contributed by atoms with van der Waals surface area (Å²) in [4.78, 5) is 0. The van der Waals surface area contributed by atoms with Gasteiger partial charge in [0, 0.05) is 13.1 Å². The summed E-state index contributed by atoms with van der Waals surface area (Å²) in [6.07, 6.45) is 7.51. The van der Waals surface area contributed by atoms with E-state index in [1.807, 2.05) is 31.2 Å². The molecule has 0 heterocycles. The summed E-state index contributed by atoms with van der Waals surface area (Å²) in [5, 5.41) is 13.6. The second kappa shape index (κ2) is 7.87. The largest absolute Gasteiger partial charge is 0.492 e. The van der Waals surface area contributed by atoms with E-state index in [-0.39, 0.29) is 5.60 Å². The van der Waals surface area contributed by atoms with Crippen LogP contribution in [0.15, 0.2) is 24.3 Å². The van der Waals surface area contributed by atoms with Crippen LogP contribution in [0.3, 0.4) is 0 Å². The molecule has 4 aliphatic rings. The van der Waals surface area contributed by atoms with E-state index < -0.39 is 6.10 Å². The Bertz CT molecular complexity index is 568. The van der Waals surface area contributed by atoms with Gasteiger partial charge in [-0.05, 0) is 74.8 Å². The van der Waals surface area contributed by atoms with Crippen molar-refractivity contribution in [3.63, 3.8) is 0 Å². The van der Waals surface area contributed by atoms with Gasteiger partial charge in [-0.25, -0.2) is 0 Å². The monoisotopic (exact) mass is 359 g/mol. The first-order chi connectivity index (χ1) is 12.6. The molecule has 1 unspecified atom stereocenters. The van der Waals surface area contributed by atoms with Crippen molar-refractivity contribution in [1.29, 1.82) is 0 Å². The van der Waals surface area contributed by atoms with Gasteiger partial charge in [-0.15, -0.1) is 0 Å². The molecule has 144 valence electrons. The number of para-hydroxylation sites is 1. The van der Waals surface area contributed by atoms with E-state index in [2.05, 4.69) is 5.32 Å². The minimum atomic E-state index is -0.443. The smallest absolute Gasteiger partial charge is 0.122 e. The van der Waals surface area contributed by atoms with Crippen molar-refractivity contribution in [1.82, 2.24) is 5.32 Å². The minimum absolute atomic E-state index is 0.0870. The van der Waals surface area contributed by atoms with Gasteiger partial charge >= 0.3 is 0 Å². The highest BCUT2D eigenvalue weighted by atomic mass is 16.5. The molecule has 4 heteroatoms. The van der Waals surface area contributed by atoms with Gasteiger partial charge in [0.25, 0.3) is 0 Å². The van der Waals surface area contributed by atoms with Crippen molar-refractivity contribution in [3.05, 3.63) is 29.8 Å². The molecule has 1 aromatic rings. The minimum Gasteiger partial charge on any atom is -0.492 e. The summed E-state index contributed by atoms with van der Waals surface area (Å²) >= 11 is 0. The van der Waals surface area contributed by atoms with Crippen LogP contribution in [0.1, 0.15) is 44.1 Å². The zero-order valence-electron chi connectivity index (χ0n) is 16.0. The Kier molecular flexibility index (Phi) is 5.53. The van der Waals surface area contributed by atoms with Gasteiger partial charge in [0.05, 0.1) is 18.3 Å². The van der Waals surface area contributed by atoms with Gasteiger partial charge in [0.15, 0.2) is 0 Å². The Morgan fingerprint density at radius 3 is 2.42 bits per heavy atom. The van der Waals surface area contributed by atoms with Crippen LogP contribution >= 0.6 is 0 Å². The molecule has 5 rings (SSSR count). The average Bonchev–Trinajstić information content (AvgIpc) is 2.60. The molecule has 0 amide bonds. The third-order valence-corrected chi connectivity index (χ3v) is 6.57. The van der Waals surface area contributed by atoms with E-state index in [0.29, 0.717) is 19.8 Å². The number of benzene rings is 1. The van der Waals surface area contributed by atoms with Crippen LogP contribution in [-0.4, -0.2) is 43.1 Å². The highest BCUT2D eigenvalue weighted by molar-refractivity contribution is 5.31. The maximum absolute atomic E-state index is 10.3. The fraction of sp³-hybridized carbons (Fsp3) is 0.727. The third-order valence-electron chi connectivity index (χ3n) is 6.57. The summed E-state index contributed by atoms with van der Waals surface area (Å²) in [6, 6.07) is 8.04. The van der Waals surface area contributed by atoms with Crippen molar-refractivity contribution in [2.75, 3.05) is 26.3 Å². The maximum Gasteiger partial charge on any atom is 0.122 e. The number of aliphatic hydroxyl groups is 1. The molecule has 4 fully saturated rings. The number of rotatable bonds is 9. The second-order valence-electron chi connectivity index (χ2n) is 8.88. The molecule has 4 aliphatic carbocycles. The Hall–Kier alpha value is -1.10. The highest BCUT2D eigenvalue weighted by Gasteiger charge is 2.51. The molecule has 4 nitrogen and oxygen atoms in total. The lowest BCUT2D eigenvalue weighted by atomic mass is 9.54. The number of aryl methyl sites for hydroxylation is 1. The summed E-state index contributed by atoms with van der Waals surface area (Å²) in [6.45, 7) is 4.39. The Balaban J connectivity index is 1.13. The van der Waals surface area contributed by atoms with E-state index in [0.717, 1.165) is 35.6 Å². The predicted octanol–water partition coefficient (Wildman–Crippen LogP) is 3.31. The zero-order chi connectivity index (χ0) is 18.0. The van der Waals surface area contributed by atoms with Crippen LogP contribution in [0.2, 0.25) is 0 Å². The summed E-state index contributed by atoms with van der Waals surface area (Å²) < 4.78 is 12.1. The quantitative estimate of drug-likeness (QED) is 0.664. The molecule has 4 bridgehead atoms. The normalized spacial score (nSPS) is 33.4. The van der Waals surface area contributed by atoms with Gasteiger partial charge in [-0.3, -0.25) is 0 Å². The fourth-order valence-corrected chi connectivity index (χ4v) is 5.76. The maximum atomic E-state index is 10.3. The Morgan fingerprint density at radius 2 is 1.77 bits per heavy atom. The van der Waals surface area contributed by atoms with Gasteiger partial charge < -0.3 is 19.9 Å². The molecule has 0 saturated heterocycles. The van der Waals surface area contributed by atoms with Crippen LogP contribution in [0.5, 0.6) is 5.75 Å². The second-order valence-corrected chi connectivity index (χ2v) is 8.88. The van der Waals surface area contributed by atoms with E-state index >= 15 is 0 Å². The SMILES string of the molecule is Cc1ccccc1OCCNCC(O)COC12CC3CC(CC(C3)C1)C2. The standard InChI is InChI=1S/C22H33NO3/c1-16-4-2-3-5-21(16)25-7-6-23-14-20(24)15-26-22-11-17-8-18(12-22)10-19(9-17)13-22/h2-5,17-20,23-24H,6-15H2,1H3. The lowest BCUT2D eigenvalue weighted by molar-refractivity contribution is -0.174. The number of hydrogen-bond acceptors (Lipinski definition) is 4. The van der Waals surface area contributed by atoms with Gasteiger partial charge in [-0.1, -0.05) is 18.2 Å². The highest BCUT2D eigenvalue weighted by Crippen LogP contribution is 2.57. The first-order valence-corrected chi connectivity index (χ1v) is 10.3. The molecular formula is C22H33NO3. The third kappa shape index (κ3) is 4.24. The Labute approximate surface area is 157 Å². The predicted molar refractivity (Wildman–Crippen MR) is 102 cm³/mol. The topological polar surface area (TPSA) is 50.7 Å². The molecule has 2 N–H and O–H groups in total. The molecule has 1 atom stereocenters. The summed E-state index contributed by atoms with van der Waals surface area (Å²) in [7, 11) is 0. The number of nitrogens with one attached hydrogen (secondary N) is 1. The van der Waals surface area contributed by atoms with Crippen LogP contribution in [0, 0.1) is 24.7 Å². The molecule has 0 aliphatic heterocycles. The zero-order valence-corrected chi connectivity index (χ0v) is 16.0. The molecule has 26 heavy (non-hydrogen) atoms. The number of aliphatic hydroxyl groups excluding tert-OH is 1. The van der Waals surface area contributed by atoms with E-state index in [4.69, 9.17) is 9.47 Å². The van der Waals surface area contributed by atoms with Gasteiger partial charge in [0.1, 0.15) is 12.4 Å². The molecule has 0 radical (unpaired) electrons. The van der Waals surface area contributed by atoms with Crippen LogP contribution < -0.4 is 10.1 Å². The lowest BCUT2D eigenvalue weighted by Crippen LogP contribution is -2.53. The van der Waals surface area contributed by atoms with Crippen molar-refractivity contribution in [2.24, 2.45) is 17.8 Å². The first kappa shape index (κ1) is 18.3. The van der Waals surface area contributed by atoms with Crippen molar-refractivity contribution in [2.45, 2.75) is 57.2 Å². The summed E-state index contributed by atoms with van der Waals surface area (Å²) in [5.41, 5.74) is 1.24. The Morgan fingerprint density at radius 1 is 1.12 bits per heavy atom.